The monoisotopic (exact) mass is 265 g/mol. The topological polar surface area (TPSA) is 32.5 Å². The van der Waals surface area contributed by atoms with Gasteiger partial charge in [-0.2, -0.15) is 0 Å². The molecule has 1 aromatic carbocycles. The van der Waals surface area contributed by atoms with Gasteiger partial charge in [-0.05, 0) is 57.7 Å². The molecule has 1 fully saturated rings. The van der Waals surface area contributed by atoms with Crippen molar-refractivity contribution < 1.29 is 4.39 Å². The molecule has 1 aromatic rings. The standard InChI is InChI=1S/C15H24FN3/c1-18(2)14-7-9-19(10-8-14)11-15(17)12-3-5-13(16)6-4-12/h3-6,14-15H,7-11,17H2,1-2H3. The molecule has 0 saturated carbocycles. The van der Waals surface area contributed by atoms with E-state index >= 15 is 0 Å². The van der Waals surface area contributed by atoms with Gasteiger partial charge in [-0.15, -0.1) is 0 Å². The molecule has 0 radical (unpaired) electrons. The third-order valence-electron chi connectivity index (χ3n) is 4.04. The second-order valence-corrected chi connectivity index (χ2v) is 5.65. The Hall–Kier alpha value is -0.970. The fourth-order valence-electron chi connectivity index (χ4n) is 2.71. The zero-order chi connectivity index (χ0) is 13.8. The van der Waals surface area contributed by atoms with Gasteiger partial charge in [0.2, 0.25) is 0 Å². The van der Waals surface area contributed by atoms with E-state index in [1.807, 2.05) is 0 Å². The molecule has 3 nitrogen and oxygen atoms in total. The van der Waals surface area contributed by atoms with Gasteiger partial charge in [0.1, 0.15) is 5.82 Å². The Bertz CT molecular complexity index is 383. The minimum Gasteiger partial charge on any atom is -0.323 e. The van der Waals surface area contributed by atoms with Gasteiger partial charge in [0, 0.05) is 18.6 Å². The normalized spacial score (nSPS) is 19.8. The third kappa shape index (κ3) is 4.00. The number of halogens is 1. The summed E-state index contributed by atoms with van der Waals surface area (Å²) in [6.45, 7) is 3.04. The molecule has 0 spiro atoms. The van der Waals surface area contributed by atoms with Gasteiger partial charge in [0.25, 0.3) is 0 Å². The molecule has 1 atom stereocenters. The average Bonchev–Trinajstić information content (AvgIpc) is 2.40. The fraction of sp³-hybridized carbons (Fsp3) is 0.600. The summed E-state index contributed by atoms with van der Waals surface area (Å²) in [6, 6.07) is 7.19. The van der Waals surface area contributed by atoms with Crippen LogP contribution in [-0.4, -0.2) is 49.6 Å². The first-order valence-corrected chi connectivity index (χ1v) is 6.96. The summed E-state index contributed by atoms with van der Waals surface area (Å²) in [5.41, 5.74) is 7.21. The van der Waals surface area contributed by atoms with Crippen LogP contribution in [0, 0.1) is 5.82 Å². The Kier molecular flexibility index (Phi) is 4.91. The van der Waals surface area contributed by atoms with Gasteiger partial charge in [0.05, 0.1) is 0 Å². The SMILES string of the molecule is CN(C)C1CCN(CC(N)c2ccc(F)cc2)CC1. The zero-order valence-corrected chi connectivity index (χ0v) is 11.8. The highest BCUT2D eigenvalue weighted by Crippen LogP contribution is 2.18. The van der Waals surface area contributed by atoms with Gasteiger partial charge in [-0.3, -0.25) is 0 Å². The molecule has 1 heterocycles. The molecule has 2 N–H and O–H groups in total. The van der Waals surface area contributed by atoms with Crippen LogP contribution in [0.25, 0.3) is 0 Å². The van der Waals surface area contributed by atoms with Crippen molar-refractivity contribution in [2.45, 2.75) is 24.9 Å². The van der Waals surface area contributed by atoms with Gasteiger partial charge in [0.15, 0.2) is 0 Å². The molecule has 1 aliphatic heterocycles. The lowest BCUT2D eigenvalue weighted by molar-refractivity contribution is 0.139. The van der Waals surface area contributed by atoms with Gasteiger partial charge in [-0.1, -0.05) is 12.1 Å². The summed E-state index contributed by atoms with van der Waals surface area (Å²) in [7, 11) is 4.29. The number of piperidine rings is 1. The number of nitrogens with zero attached hydrogens (tertiary/aromatic N) is 2. The van der Waals surface area contributed by atoms with Gasteiger partial charge >= 0.3 is 0 Å². The van der Waals surface area contributed by atoms with E-state index in [1.165, 1.54) is 25.0 Å². The molecular formula is C15H24FN3. The van der Waals surface area contributed by atoms with E-state index in [2.05, 4.69) is 23.9 Å². The summed E-state index contributed by atoms with van der Waals surface area (Å²) >= 11 is 0. The quantitative estimate of drug-likeness (QED) is 0.902. The van der Waals surface area contributed by atoms with E-state index in [9.17, 15) is 4.39 Å². The van der Waals surface area contributed by atoms with Crippen LogP contribution in [0.15, 0.2) is 24.3 Å². The lowest BCUT2D eigenvalue weighted by Gasteiger charge is -2.36. The highest BCUT2D eigenvalue weighted by molar-refractivity contribution is 5.19. The summed E-state index contributed by atoms with van der Waals surface area (Å²) in [6.07, 6.45) is 2.40. The number of likely N-dealkylation sites (tertiary alicyclic amines) is 1. The van der Waals surface area contributed by atoms with E-state index in [-0.39, 0.29) is 11.9 Å². The Morgan fingerprint density at radius 1 is 1.26 bits per heavy atom. The minimum absolute atomic E-state index is 0.0310. The van der Waals surface area contributed by atoms with Crippen LogP contribution in [-0.2, 0) is 0 Å². The van der Waals surface area contributed by atoms with Crippen molar-refractivity contribution in [2.24, 2.45) is 5.73 Å². The lowest BCUT2D eigenvalue weighted by Crippen LogP contribution is -2.44. The van der Waals surface area contributed by atoms with Gasteiger partial charge in [-0.25, -0.2) is 4.39 Å². The highest BCUT2D eigenvalue weighted by Gasteiger charge is 2.22. The van der Waals surface area contributed by atoms with Crippen molar-refractivity contribution in [3.05, 3.63) is 35.6 Å². The van der Waals surface area contributed by atoms with E-state index < -0.39 is 0 Å². The van der Waals surface area contributed by atoms with Crippen LogP contribution in [0.5, 0.6) is 0 Å². The Morgan fingerprint density at radius 2 is 1.84 bits per heavy atom. The molecule has 0 bridgehead atoms. The van der Waals surface area contributed by atoms with Crippen LogP contribution < -0.4 is 5.73 Å². The first-order valence-electron chi connectivity index (χ1n) is 6.96. The molecule has 0 amide bonds. The van der Waals surface area contributed by atoms with Gasteiger partial charge < -0.3 is 15.5 Å². The Morgan fingerprint density at radius 3 is 2.37 bits per heavy atom. The van der Waals surface area contributed by atoms with Crippen molar-refractivity contribution in [1.82, 2.24) is 9.80 Å². The molecule has 106 valence electrons. The largest absolute Gasteiger partial charge is 0.323 e. The number of hydrogen-bond donors (Lipinski definition) is 1. The predicted molar refractivity (Wildman–Crippen MR) is 76.5 cm³/mol. The maximum atomic E-state index is 12.9. The van der Waals surface area contributed by atoms with Crippen molar-refractivity contribution in [3.63, 3.8) is 0 Å². The van der Waals surface area contributed by atoms with Crippen molar-refractivity contribution >= 4 is 0 Å². The van der Waals surface area contributed by atoms with Crippen LogP contribution >= 0.6 is 0 Å². The van der Waals surface area contributed by atoms with E-state index in [4.69, 9.17) is 5.73 Å². The molecule has 2 rings (SSSR count). The minimum atomic E-state index is -0.206. The maximum Gasteiger partial charge on any atom is 0.123 e. The van der Waals surface area contributed by atoms with Crippen molar-refractivity contribution in [1.29, 1.82) is 0 Å². The number of benzene rings is 1. The summed E-state index contributed by atoms with van der Waals surface area (Å²) in [4.78, 5) is 4.71. The molecular weight excluding hydrogens is 241 g/mol. The molecule has 19 heavy (non-hydrogen) atoms. The van der Waals surface area contributed by atoms with Crippen LogP contribution in [0.3, 0.4) is 0 Å². The summed E-state index contributed by atoms with van der Waals surface area (Å²) in [5.74, 6) is -0.206. The molecule has 0 aliphatic carbocycles. The highest BCUT2D eigenvalue weighted by atomic mass is 19.1. The zero-order valence-electron chi connectivity index (χ0n) is 11.8. The second kappa shape index (κ2) is 6.46. The first-order chi connectivity index (χ1) is 9.06. The van der Waals surface area contributed by atoms with E-state index in [0.717, 1.165) is 25.2 Å². The van der Waals surface area contributed by atoms with Crippen molar-refractivity contribution in [2.75, 3.05) is 33.7 Å². The molecule has 0 aromatic heterocycles. The lowest BCUT2D eigenvalue weighted by atomic mass is 10.0. The molecule has 1 unspecified atom stereocenters. The number of hydrogen-bond acceptors (Lipinski definition) is 3. The maximum absolute atomic E-state index is 12.9. The molecule has 4 heteroatoms. The number of rotatable bonds is 4. The van der Waals surface area contributed by atoms with E-state index in [0.29, 0.717) is 6.04 Å². The van der Waals surface area contributed by atoms with E-state index in [1.54, 1.807) is 12.1 Å². The van der Waals surface area contributed by atoms with Crippen LogP contribution in [0.2, 0.25) is 0 Å². The third-order valence-corrected chi connectivity index (χ3v) is 4.04. The predicted octanol–water partition coefficient (Wildman–Crippen LogP) is 1.85. The molecule has 1 aliphatic rings. The molecule has 1 saturated heterocycles. The summed E-state index contributed by atoms with van der Waals surface area (Å²) < 4.78 is 12.9. The Balaban J connectivity index is 1.83. The first kappa shape index (κ1) is 14.4. The number of nitrogens with two attached hydrogens (primary N) is 1. The smallest absolute Gasteiger partial charge is 0.123 e. The van der Waals surface area contributed by atoms with Crippen LogP contribution in [0.1, 0.15) is 24.4 Å². The fourth-order valence-corrected chi connectivity index (χ4v) is 2.71. The summed E-state index contributed by atoms with van der Waals surface area (Å²) in [5, 5.41) is 0. The Labute approximate surface area is 115 Å². The average molecular weight is 265 g/mol. The second-order valence-electron chi connectivity index (χ2n) is 5.65. The van der Waals surface area contributed by atoms with Crippen molar-refractivity contribution in [3.8, 4) is 0 Å². The van der Waals surface area contributed by atoms with Crippen LogP contribution in [0.4, 0.5) is 4.39 Å².